The number of nitrogens with zero attached hydrogens (tertiary/aromatic N) is 3. The third-order valence-corrected chi connectivity index (χ3v) is 3.13. The number of hydrogen-bond donors (Lipinski definition) is 0. The third-order valence-electron chi connectivity index (χ3n) is 2.64. The van der Waals surface area contributed by atoms with E-state index in [0.717, 1.165) is 4.47 Å². The van der Waals surface area contributed by atoms with Crippen LogP contribution in [0.5, 0.6) is 5.75 Å². The van der Waals surface area contributed by atoms with Crippen molar-refractivity contribution in [2.24, 2.45) is 0 Å². The van der Waals surface area contributed by atoms with E-state index in [4.69, 9.17) is 15.3 Å². The SMILES string of the molecule is CCN(CCC#N)C(=O)COc1ccc(Br)cc1C#N. The summed E-state index contributed by atoms with van der Waals surface area (Å²) in [4.78, 5) is 13.5. The predicted octanol–water partition coefficient (Wildman–Crippen LogP) is 2.46. The minimum absolute atomic E-state index is 0.143. The van der Waals surface area contributed by atoms with Gasteiger partial charge in [-0.3, -0.25) is 4.79 Å². The van der Waals surface area contributed by atoms with Gasteiger partial charge in [0, 0.05) is 17.6 Å². The van der Waals surface area contributed by atoms with Crippen molar-refractivity contribution < 1.29 is 9.53 Å². The molecular formula is C14H14BrN3O2. The van der Waals surface area contributed by atoms with E-state index in [0.29, 0.717) is 30.8 Å². The number of carbonyl (C=O) groups excluding carboxylic acids is 1. The van der Waals surface area contributed by atoms with Gasteiger partial charge in [-0.15, -0.1) is 0 Å². The van der Waals surface area contributed by atoms with Crippen LogP contribution in [0, 0.1) is 22.7 Å². The minimum atomic E-state index is -0.199. The third kappa shape index (κ3) is 4.56. The lowest BCUT2D eigenvalue weighted by molar-refractivity contribution is -0.133. The van der Waals surface area contributed by atoms with Crippen molar-refractivity contribution in [3.63, 3.8) is 0 Å². The van der Waals surface area contributed by atoms with E-state index in [1.165, 1.54) is 0 Å². The Balaban J connectivity index is 2.65. The van der Waals surface area contributed by atoms with Crippen molar-refractivity contribution in [3.8, 4) is 17.9 Å². The van der Waals surface area contributed by atoms with Crippen LogP contribution in [0.15, 0.2) is 22.7 Å². The molecule has 6 heteroatoms. The van der Waals surface area contributed by atoms with Crippen molar-refractivity contribution in [3.05, 3.63) is 28.2 Å². The van der Waals surface area contributed by atoms with Crippen LogP contribution in [0.2, 0.25) is 0 Å². The lowest BCUT2D eigenvalue weighted by Gasteiger charge is -2.19. The molecule has 0 fully saturated rings. The van der Waals surface area contributed by atoms with Crippen LogP contribution in [0.1, 0.15) is 18.9 Å². The molecule has 0 saturated carbocycles. The molecule has 0 N–H and O–H groups in total. The molecule has 0 saturated heterocycles. The number of ether oxygens (including phenoxy) is 1. The molecule has 0 unspecified atom stereocenters. The van der Waals surface area contributed by atoms with Gasteiger partial charge in [0.2, 0.25) is 0 Å². The summed E-state index contributed by atoms with van der Waals surface area (Å²) >= 11 is 3.27. The molecule has 1 rings (SSSR count). The lowest BCUT2D eigenvalue weighted by Crippen LogP contribution is -2.35. The maximum absolute atomic E-state index is 11.9. The second-order valence-corrected chi connectivity index (χ2v) is 4.84. The fourth-order valence-electron chi connectivity index (χ4n) is 1.59. The molecule has 1 aromatic rings. The predicted molar refractivity (Wildman–Crippen MR) is 76.8 cm³/mol. The Morgan fingerprint density at radius 2 is 2.20 bits per heavy atom. The molecule has 1 aromatic carbocycles. The zero-order valence-corrected chi connectivity index (χ0v) is 12.7. The number of likely N-dealkylation sites (N-methyl/N-ethyl adjacent to an activating group) is 1. The summed E-state index contributed by atoms with van der Waals surface area (Å²) in [5.74, 6) is 0.176. The molecule has 5 nitrogen and oxygen atoms in total. The van der Waals surface area contributed by atoms with Crippen LogP contribution in [-0.4, -0.2) is 30.5 Å². The van der Waals surface area contributed by atoms with Crippen LogP contribution in [-0.2, 0) is 4.79 Å². The first-order chi connectivity index (χ1) is 9.62. The molecule has 1 amide bonds. The van der Waals surface area contributed by atoms with Gasteiger partial charge in [-0.25, -0.2) is 0 Å². The topological polar surface area (TPSA) is 77.1 Å². The summed E-state index contributed by atoms with van der Waals surface area (Å²) < 4.78 is 6.17. The highest BCUT2D eigenvalue weighted by Gasteiger charge is 2.13. The quantitative estimate of drug-likeness (QED) is 0.799. The maximum atomic E-state index is 11.9. The average Bonchev–Trinajstić information content (AvgIpc) is 2.46. The Labute approximate surface area is 126 Å². The van der Waals surface area contributed by atoms with E-state index in [1.807, 2.05) is 19.1 Å². The molecule has 0 heterocycles. The Kier molecular flexibility index (Phi) is 6.55. The number of nitriles is 2. The average molecular weight is 336 g/mol. The van der Waals surface area contributed by atoms with Gasteiger partial charge in [0.1, 0.15) is 11.8 Å². The van der Waals surface area contributed by atoms with Gasteiger partial charge in [-0.2, -0.15) is 10.5 Å². The van der Waals surface area contributed by atoms with E-state index in [-0.39, 0.29) is 12.5 Å². The first kappa shape index (κ1) is 16.0. The van der Waals surface area contributed by atoms with Crippen molar-refractivity contribution in [2.75, 3.05) is 19.7 Å². The number of benzene rings is 1. The monoisotopic (exact) mass is 335 g/mol. The summed E-state index contributed by atoms with van der Waals surface area (Å²) in [5, 5.41) is 17.5. The molecule has 0 aliphatic rings. The van der Waals surface area contributed by atoms with E-state index in [9.17, 15) is 4.79 Å². The van der Waals surface area contributed by atoms with Gasteiger partial charge in [0.15, 0.2) is 6.61 Å². The van der Waals surface area contributed by atoms with Crippen molar-refractivity contribution >= 4 is 21.8 Å². The zero-order valence-electron chi connectivity index (χ0n) is 11.1. The molecule has 0 spiro atoms. The lowest BCUT2D eigenvalue weighted by atomic mass is 10.2. The Bertz CT molecular complexity index is 561. The largest absolute Gasteiger partial charge is 0.482 e. The molecule has 0 atom stereocenters. The smallest absolute Gasteiger partial charge is 0.260 e. The molecule has 0 radical (unpaired) electrons. The van der Waals surface area contributed by atoms with Gasteiger partial charge in [-0.05, 0) is 25.1 Å². The number of amides is 1. The highest BCUT2D eigenvalue weighted by Crippen LogP contribution is 2.22. The van der Waals surface area contributed by atoms with Crippen molar-refractivity contribution in [1.29, 1.82) is 10.5 Å². The fourth-order valence-corrected chi connectivity index (χ4v) is 1.95. The number of rotatable bonds is 6. The highest BCUT2D eigenvalue weighted by atomic mass is 79.9. The number of carbonyl (C=O) groups is 1. The zero-order chi connectivity index (χ0) is 15.0. The second-order valence-electron chi connectivity index (χ2n) is 3.92. The molecule has 20 heavy (non-hydrogen) atoms. The van der Waals surface area contributed by atoms with E-state index < -0.39 is 0 Å². The Morgan fingerprint density at radius 3 is 2.80 bits per heavy atom. The van der Waals surface area contributed by atoms with Gasteiger partial charge < -0.3 is 9.64 Å². The molecule has 0 aromatic heterocycles. The summed E-state index contributed by atoms with van der Waals surface area (Å²) in [7, 11) is 0. The van der Waals surface area contributed by atoms with E-state index in [1.54, 1.807) is 23.1 Å². The Hall–Kier alpha value is -2.05. The normalized spacial score (nSPS) is 9.40. The fraction of sp³-hybridized carbons (Fsp3) is 0.357. The molecule has 0 bridgehead atoms. The minimum Gasteiger partial charge on any atom is -0.482 e. The first-order valence-electron chi connectivity index (χ1n) is 6.09. The number of halogens is 1. The first-order valence-corrected chi connectivity index (χ1v) is 6.88. The molecule has 0 aliphatic carbocycles. The van der Waals surface area contributed by atoms with E-state index in [2.05, 4.69) is 15.9 Å². The highest BCUT2D eigenvalue weighted by molar-refractivity contribution is 9.10. The van der Waals surface area contributed by atoms with Crippen LogP contribution in [0.25, 0.3) is 0 Å². The van der Waals surface area contributed by atoms with E-state index >= 15 is 0 Å². The maximum Gasteiger partial charge on any atom is 0.260 e. The van der Waals surface area contributed by atoms with Crippen LogP contribution < -0.4 is 4.74 Å². The number of hydrogen-bond acceptors (Lipinski definition) is 4. The summed E-state index contributed by atoms with van der Waals surface area (Å²) in [6.45, 7) is 2.61. The van der Waals surface area contributed by atoms with Gasteiger partial charge in [0.05, 0.1) is 18.1 Å². The standard InChI is InChI=1S/C14H14BrN3O2/c1-2-18(7-3-6-16)14(19)10-20-13-5-4-12(15)8-11(13)9-17/h4-5,8H,2-3,7,10H2,1H3. The van der Waals surface area contributed by atoms with Crippen LogP contribution >= 0.6 is 15.9 Å². The van der Waals surface area contributed by atoms with Gasteiger partial charge in [0.25, 0.3) is 5.91 Å². The summed E-state index contributed by atoms with van der Waals surface area (Å²) in [5.41, 5.74) is 0.368. The van der Waals surface area contributed by atoms with Gasteiger partial charge >= 0.3 is 0 Å². The molecule has 0 aliphatic heterocycles. The second kappa shape index (κ2) is 8.19. The van der Waals surface area contributed by atoms with Crippen molar-refractivity contribution in [1.82, 2.24) is 4.90 Å². The summed E-state index contributed by atoms with van der Waals surface area (Å²) in [6.07, 6.45) is 0.293. The van der Waals surface area contributed by atoms with Crippen LogP contribution in [0.3, 0.4) is 0 Å². The van der Waals surface area contributed by atoms with Crippen molar-refractivity contribution in [2.45, 2.75) is 13.3 Å². The summed E-state index contributed by atoms with van der Waals surface area (Å²) in [6, 6.07) is 9.03. The molecular weight excluding hydrogens is 322 g/mol. The Morgan fingerprint density at radius 1 is 1.45 bits per heavy atom. The van der Waals surface area contributed by atoms with Crippen LogP contribution in [0.4, 0.5) is 0 Å². The molecule has 104 valence electrons. The van der Waals surface area contributed by atoms with Gasteiger partial charge in [-0.1, -0.05) is 15.9 Å².